The highest BCUT2D eigenvalue weighted by atomic mass is 19.4. The largest absolute Gasteiger partial charge is 0.418 e. The second kappa shape index (κ2) is 5.11. The topological polar surface area (TPSA) is 70.7 Å². The van der Waals surface area contributed by atoms with Crippen LogP contribution in [0.15, 0.2) is 18.3 Å². The van der Waals surface area contributed by atoms with Crippen molar-refractivity contribution in [3.05, 3.63) is 40.8 Å². The zero-order valence-corrected chi connectivity index (χ0v) is 11.7. The maximum atomic E-state index is 12.9. The summed E-state index contributed by atoms with van der Waals surface area (Å²) in [6.07, 6.45) is -1.39. The van der Waals surface area contributed by atoms with Crippen LogP contribution in [0.25, 0.3) is 0 Å². The number of nitrogens with zero attached hydrogens (tertiary/aromatic N) is 2. The van der Waals surface area contributed by atoms with Gasteiger partial charge in [0.1, 0.15) is 5.69 Å². The first-order chi connectivity index (χ1) is 10.4. The Morgan fingerprint density at radius 3 is 2.77 bits per heavy atom. The Bertz CT molecular complexity index is 719. The van der Waals surface area contributed by atoms with Gasteiger partial charge in [0.15, 0.2) is 5.82 Å². The SMILES string of the molecule is Cc1c(NC(=O)c2ncccc2C(F)(F)F)n[nH]c1C1CC1. The van der Waals surface area contributed by atoms with Crippen LogP contribution >= 0.6 is 0 Å². The number of anilines is 1. The fourth-order valence-corrected chi connectivity index (χ4v) is 2.28. The molecule has 1 amide bonds. The summed E-state index contributed by atoms with van der Waals surface area (Å²) in [5.41, 5.74) is -0.0545. The number of alkyl halides is 3. The molecule has 116 valence electrons. The molecule has 8 heteroatoms. The Labute approximate surface area is 123 Å². The van der Waals surface area contributed by atoms with Gasteiger partial charge in [-0.15, -0.1) is 0 Å². The zero-order valence-electron chi connectivity index (χ0n) is 11.7. The zero-order chi connectivity index (χ0) is 15.9. The molecular formula is C14H13F3N4O. The number of pyridine rings is 1. The van der Waals surface area contributed by atoms with Crippen molar-refractivity contribution in [2.75, 3.05) is 5.32 Å². The molecule has 1 fully saturated rings. The molecule has 0 aromatic carbocycles. The predicted octanol–water partition coefficient (Wildman–Crippen LogP) is 3.26. The number of halogens is 3. The van der Waals surface area contributed by atoms with Crippen molar-refractivity contribution in [2.45, 2.75) is 31.9 Å². The van der Waals surface area contributed by atoms with Crippen LogP contribution < -0.4 is 5.32 Å². The van der Waals surface area contributed by atoms with Crippen molar-refractivity contribution in [1.82, 2.24) is 15.2 Å². The molecule has 2 heterocycles. The van der Waals surface area contributed by atoms with E-state index in [-0.39, 0.29) is 5.82 Å². The van der Waals surface area contributed by atoms with Crippen molar-refractivity contribution in [2.24, 2.45) is 0 Å². The van der Waals surface area contributed by atoms with E-state index in [4.69, 9.17) is 0 Å². The number of aromatic nitrogens is 3. The quantitative estimate of drug-likeness (QED) is 0.914. The second-order valence-corrected chi connectivity index (χ2v) is 5.24. The fourth-order valence-electron chi connectivity index (χ4n) is 2.28. The van der Waals surface area contributed by atoms with Crippen LogP contribution in [0, 0.1) is 6.92 Å². The summed E-state index contributed by atoms with van der Waals surface area (Å²) in [5, 5.41) is 9.20. The van der Waals surface area contributed by atoms with E-state index in [1.54, 1.807) is 6.92 Å². The number of hydrogen-bond acceptors (Lipinski definition) is 3. The van der Waals surface area contributed by atoms with Gasteiger partial charge in [-0.3, -0.25) is 14.9 Å². The number of nitrogens with one attached hydrogen (secondary N) is 2. The van der Waals surface area contributed by atoms with Crippen molar-refractivity contribution >= 4 is 11.7 Å². The minimum Gasteiger partial charge on any atom is -0.303 e. The highest BCUT2D eigenvalue weighted by Crippen LogP contribution is 2.41. The molecule has 0 atom stereocenters. The Morgan fingerprint density at radius 1 is 1.41 bits per heavy atom. The predicted molar refractivity (Wildman–Crippen MR) is 72.5 cm³/mol. The van der Waals surface area contributed by atoms with E-state index in [2.05, 4.69) is 20.5 Å². The molecule has 2 aromatic heterocycles. The maximum absolute atomic E-state index is 12.9. The highest BCUT2D eigenvalue weighted by Gasteiger charge is 2.36. The third-order valence-electron chi connectivity index (χ3n) is 3.59. The molecule has 0 radical (unpaired) electrons. The molecule has 5 nitrogen and oxygen atoms in total. The van der Waals surface area contributed by atoms with E-state index in [1.807, 2.05) is 0 Å². The number of hydrogen-bond donors (Lipinski definition) is 2. The van der Waals surface area contributed by atoms with Crippen molar-refractivity contribution in [3.63, 3.8) is 0 Å². The lowest BCUT2D eigenvalue weighted by Crippen LogP contribution is -2.20. The number of carbonyl (C=O) groups is 1. The van der Waals surface area contributed by atoms with Gasteiger partial charge in [-0.1, -0.05) is 0 Å². The van der Waals surface area contributed by atoms with E-state index in [0.717, 1.165) is 42.4 Å². The van der Waals surface area contributed by atoms with Crippen molar-refractivity contribution < 1.29 is 18.0 Å². The van der Waals surface area contributed by atoms with E-state index in [1.165, 1.54) is 0 Å². The molecule has 0 spiro atoms. The van der Waals surface area contributed by atoms with Gasteiger partial charge < -0.3 is 5.32 Å². The summed E-state index contributed by atoms with van der Waals surface area (Å²) in [7, 11) is 0. The minimum absolute atomic E-state index is 0.241. The Balaban J connectivity index is 1.86. The molecule has 0 bridgehead atoms. The smallest absolute Gasteiger partial charge is 0.303 e. The second-order valence-electron chi connectivity index (χ2n) is 5.24. The van der Waals surface area contributed by atoms with Crippen LogP contribution in [-0.2, 0) is 6.18 Å². The number of H-pyrrole nitrogens is 1. The molecule has 1 saturated carbocycles. The molecule has 2 aromatic rings. The van der Waals surface area contributed by atoms with E-state index in [9.17, 15) is 18.0 Å². The summed E-state index contributed by atoms with van der Waals surface area (Å²) in [5.74, 6) is -0.283. The summed E-state index contributed by atoms with van der Waals surface area (Å²) in [4.78, 5) is 15.7. The van der Waals surface area contributed by atoms with Gasteiger partial charge in [0, 0.05) is 23.4 Å². The number of amides is 1. The first-order valence-electron chi connectivity index (χ1n) is 6.76. The van der Waals surface area contributed by atoms with E-state index < -0.39 is 23.3 Å². The Morgan fingerprint density at radius 2 is 2.14 bits per heavy atom. The van der Waals surface area contributed by atoms with Gasteiger partial charge in [-0.25, -0.2) is 0 Å². The van der Waals surface area contributed by atoms with Crippen LogP contribution in [-0.4, -0.2) is 21.1 Å². The van der Waals surface area contributed by atoms with Gasteiger partial charge in [0.2, 0.25) is 0 Å². The Kier molecular flexibility index (Phi) is 3.38. The molecule has 1 aliphatic rings. The minimum atomic E-state index is -4.64. The first kappa shape index (κ1) is 14.6. The van der Waals surface area contributed by atoms with Crippen molar-refractivity contribution in [1.29, 1.82) is 0 Å². The molecule has 3 rings (SSSR count). The Hall–Kier alpha value is -2.38. The average Bonchev–Trinajstić information content (AvgIpc) is 3.24. The fraction of sp³-hybridized carbons (Fsp3) is 0.357. The molecule has 0 aliphatic heterocycles. The lowest BCUT2D eigenvalue weighted by molar-refractivity contribution is -0.138. The summed E-state index contributed by atoms with van der Waals surface area (Å²) < 4.78 is 38.7. The summed E-state index contributed by atoms with van der Waals surface area (Å²) in [6, 6.07) is 1.97. The monoisotopic (exact) mass is 310 g/mol. The third kappa shape index (κ3) is 2.68. The highest BCUT2D eigenvalue weighted by molar-refractivity contribution is 6.03. The van der Waals surface area contributed by atoms with Crippen LogP contribution in [0.5, 0.6) is 0 Å². The van der Waals surface area contributed by atoms with E-state index in [0.29, 0.717) is 5.92 Å². The molecule has 1 aliphatic carbocycles. The normalized spacial score (nSPS) is 14.9. The molecule has 0 saturated heterocycles. The number of rotatable bonds is 3. The van der Waals surface area contributed by atoms with Crippen LogP contribution in [0.3, 0.4) is 0 Å². The lowest BCUT2D eigenvalue weighted by Gasteiger charge is -2.11. The standard InChI is InChI=1S/C14H13F3N4O/c1-7-10(8-4-5-8)20-21-12(7)19-13(22)11-9(14(15,16)17)3-2-6-18-11/h2-3,6,8H,4-5H2,1H3,(H2,19,20,21,22). The number of carbonyl (C=O) groups excluding carboxylic acids is 1. The maximum Gasteiger partial charge on any atom is 0.418 e. The summed E-state index contributed by atoms with van der Waals surface area (Å²) >= 11 is 0. The first-order valence-corrected chi connectivity index (χ1v) is 6.76. The van der Waals surface area contributed by atoms with Gasteiger partial charge >= 0.3 is 6.18 Å². The van der Waals surface area contributed by atoms with Gasteiger partial charge in [-0.05, 0) is 31.9 Å². The molecule has 0 unspecified atom stereocenters. The summed E-state index contributed by atoms with van der Waals surface area (Å²) in [6.45, 7) is 1.77. The van der Waals surface area contributed by atoms with Gasteiger partial charge in [-0.2, -0.15) is 18.3 Å². The average molecular weight is 310 g/mol. The van der Waals surface area contributed by atoms with Crippen LogP contribution in [0.2, 0.25) is 0 Å². The molecular weight excluding hydrogens is 297 g/mol. The van der Waals surface area contributed by atoms with E-state index >= 15 is 0 Å². The van der Waals surface area contributed by atoms with Crippen molar-refractivity contribution in [3.8, 4) is 0 Å². The molecule has 22 heavy (non-hydrogen) atoms. The van der Waals surface area contributed by atoms with Crippen LogP contribution in [0.1, 0.15) is 46.1 Å². The third-order valence-corrected chi connectivity index (χ3v) is 3.59. The van der Waals surface area contributed by atoms with Crippen LogP contribution in [0.4, 0.5) is 19.0 Å². The lowest BCUT2D eigenvalue weighted by atomic mass is 10.1. The van der Waals surface area contributed by atoms with Gasteiger partial charge in [0.25, 0.3) is 5.91 Å². The number of aromatic amines is 1. The van der Waals surface area contributed by atoms with Gasteiger partial charge in [0.05, 0.1) is 5.56 Å². The molecule has 2 N–H and O–H groups in total.